The molecule has 0 fully saturated rings. The Labute approximate surface area is 172 Å². The second-order valence-corrected chi connectivity index (χ2v) is 6.93. The van der Waals surface area contributed by atoms with Crippen LogP contribution in [0.4, 0.5) is 14.7 Å². The number of nitrogen functional groups attached to an aromatic ring is 1. The molecule has 6 heteroatoms. The number of nitrogens with zero attached hydrogens (tertiary/aromatic N) is 1. The molecule has 1 heterocycles. The first kappa shape index (κ1) is 19.4. The predicted molar refractivity (Wildman–Crippen MR) is 114 cm³/mol. The number of halogens is 2. The van der Waals surface area contributed by atoms with Crippen LogP contribution >= 0.6 is 0 Å². The van der Waals surface area contributed by atoms with Crippen molar-refractivity contribution in [1.29, 1.82) is 0 Å². The van der Waals surface area contributed by atoms with Gasteiger partial charge in [-0.25, -0.2) is 13.8 Å². The van der Waals surface area contributed by atoms with Crippen molar-refractivity contribution < 1.29 is 13.9 Å². The van der Waals surface area contributed by atoms with Gasteiger partial charge in [0.15, 0.2) is 5.95 Å². The molecule has 4 N–H and O–H groups in total. The molecule has 1 aliphatic heterocycles. The van der Waals surface area contributed by atoms with Crippen LogP contribution in [-0.2, 0) is 0 Å². The minimum Gasteiger partial charge on any atom is -0.507 e. The van der Waals surface area contributed by atoms with E-state index in [2.05, 4.69) is 9.97 Å². The first-order chi connectivity index (χ1) is 14.4. The van der Waals surface area contributed by atoms with E-state index in [-0.39, 0.29) is 23.3 Å². The van der Waals surface area contributed by atoms with Gasteiger partial charge in [0, 0.05) is 5.56 Å². The molecule has 0 aromatic heterocycles. The smallest absolute Gasteiger partial charge is 0.198 e. The van der Waals surface area contributed by atoms with Gasteiger partial charge in [-0.1, -0.05) is 30.3 Å². The number of benzene rings is 2. The van der Waals surface area contributed by atoms with Crippen molar-refractivity contribution >= 4 is 5.95 Å². The van der Waals surface area contributed by atoms with Crippen LogP contribution < -0.4 is 5.73 Å². The number of aromatic nitrogens is 2. The number of aryl methyl sites for hydroxylation is 1. The maximum absolute atomic E-state index is 13.8. The van der Waals surface area contributed by atoms with Crippen LogP contribution in [0.15, 0.2) is 72.8 Å². The van der Waals surface area contributed by atoms with E-state index in [1.54, 1.807) is 49.4 Å². The summed E-state index contributed by atoms with van der Waals surface area (Å²) in [4.78, 5) is 7.36. The molecule has 0 radical (unpaired) electrons. The van der Waals surface area contributed by atoms with Gasteiger partial charge in [0.25, 0.3) is 0 Å². The summed E-state index contributed by atoms with van der Waals surface area (Å²) in [5, 5.41) is 11.0. The lowest BCUT2D eigenvalue weighted by molar-refractivity contribution is 0.473. The number of nitrogens with two attached hydrogens (primary N) is 1. The summed E-state index contributed by atoms with van der Waals surface area (Å²) in [6.07, 6.45) is 0. The van der Waals surface area contributed by atoms with Crippen LogP contribution in [0.5, 0.6) is 5.75 Å². The number of rotatable bonds is 2. The van der Waals surface area contributed by atoms with E-state index in [1.807, 2.05) is 6.07 Å². The van der Waals surface area contributed by atoms with Gasteiger partial charge >= 0.3 is 0 Å². The third kappa shape index (κ3) is 3.80. The Kier molecular flexibility index (Phi) is 5.06. The number of hydrogen-bond acceptors (Lipinski definition) is 3. The molecule has 0 spiro atoms. The number of aromatic amines is 1. The van der Waals surface area contributed by atoms with Gasteiger partial charge < -0.3 is 15.8 Å². The van der Waals surface area contributed by atoms with E-state index in [0.717, 1.165) is 0 Å². The summed E-state index contributed by atoms with van der Waals surface area (Å²) in [6, 6.07) is 19.1. The number of hydrogen-bond donors (Lipinski definition) is 3. The van der Waals surface area contributed by atoms with Crippen LogP contribution in [0, 0.1) is 18.6 Å². The highest BCUT2D eigenvalue weighted by Gasteiger charge is 2.18. The van der Waals surface area contributed by atoms with Gasteiger partial charge in [0.05, 0.1) is 17.0 Å². The van der Waals surface area contributed by atoms with Crippen molar-refractivity contribution in [2.45, 2.75) is 6.92 Å². The van der Waals surface area contributed by atoms with E-state index < -0.39 is 0 Å². The maximum atomic E-state index is 13.8. The largest absolute Gasteiger partial charge is 0.507 e. The average Bonchev–Trinajstić information content (AvgIpc) is 2.77. The Hall–Kier alpha value is -3.93. The standard InChI is InChI=1S/C24H19F2N3O/c1-14-4-2-5-17(16-6-3-7-19(26)12-16)13-20-21(23(14)30)22(29-24(27)28-20)15-8-10-18(25)11-9-15/h2-13,30H,1H3,(H3,27,28,29). The lowest BCUT2D eigenvalue weighted by Gasteiger charge is -2.14. The molecule has 2 aromatic rings. The number of fused-ring (bicyclic) bond motifs is 1. The SMILES string of the molecule is Cc1cccc(-c2cccc(F)c2)cc2[nH]c(N)nc(-c3ccc(F)cc3)c-2c1O. The quantitative estimate of drug-likeness (QED) is 0.393. The topological polar surface area (TPSA) is 74.9 Å². The second kappa shape index (κ2) is 7.83. The molecule has 0 amide bonds. The Morgan fingerprint density at radius 2 is 1.50 bits per heavy atom. The molecule has 0 bridgehead atoms. The van der Waals surface area contributed by atoms with Crippen LogP contribution in [0.3, 0.4) is 0 Å². The van der Waals surface area contributed by atoms with Gasteiger partial charge in [0.1, 0.15) is 17.4 Å². The van der Waals surface area contributed by atoms with E-state index in [4.69, 9.17) is 5.73 Å². The van der Waals surface area contributed by atoms with Gasteiger partial charge in [-0.2, -0.15) is 0 Å². The summed E-state index contributed by atoms with van der Waals surface area (Å²) in [6.45, 7) is 1.77. The van der Waals surface area contributed by atoms with E-state index >= 15 is 0 Å². The van der Waals surface area contributed by atoms with Crippen LogP contribution in [0.2, 0.25) is 0 Å². The van der Waals surface area contributed by atoms with E-state index in [1.165, 1.54) is 24.3 Å². The highest BCUT2D eigenvalue weighted by molar-refractivity contribution is 5.86. The fourth-order valence-electron chi connectivity index (χ4n) is 3.32. The molecule has 1 aliphatic carbocycles. The molecule has 4 rings (SSSR count). The molecule has 30 heavy (non-hydrogen) atoms. The zero-order chi connectivity index (χ0) is 21.3. The minimum absolute atomic E-state index is 0.00877. The number of H-pyrrole nitrogens is 1. The maximum Gasteiger partial charge on any atom is 0.198 e. The van der Waals surface area contributed by atoms with Crippen molar-refractivity contribution in [2.75, 3.05) is 5.73 Å². The normalized spacial score (nSPS) is 10.8. The number of aromatic hydroxyl groups is 1. The van der Waals surface area contributed by atoms with Gasteiger partial charge in [-0.3, -0.25) is 0 Å². The van der Waals surface area contributed by atoms with Crippen molar-refractivity contribution in [2.24, 2.45) is 0 Å². The molecule has 0 unspecified atom stereocenters. The van der Waals surface area contributed by atoms with Crippen molar-refractivity contribution in [3.63, 3.8) is 0 Å². The monoisotopic (exact) mass is 403 g/mol. The molecule has 0 atom stereocenters. The van der Waals surface area contributed by atoms with Gasteiger partial charge in [-0.05, 0) is 66.1 Å². The predicted octanol–water partition coefficient (Wildman–Crippen LogP) is 5.85. The molecule has 2 aromatic carbocycles. The van der Waals surface area contributed by atoms with Crippen LogP contribution in [-0.4, -0.2) is 15.1 Å². The lowest BCUT2D eigenvalue weighted by atomic mass is 9.99. The Bertz CT molecular complexity index is 1250. The summed E-state index contributed by atoms with van der Waals surface area (Å²) >= 11 is 0. The molecular formula is C24H19F2N3O. The third-order valence-electron chi connectivity index (χ3n) is 4.81. The molecule has 150 valence electrons. The minimum atomic E-state index is -0.379. The van der Waals surface area contributed by atoms with Gasteiger partial charge in [0.2, 0.25) is 0 Å². The molecule has 2 aliphatic rings. The third-order valence-corrected chi connectivity index (χ3v) is 4.81. The fraction of sp³-hybridized carbons (Fsp3) is 0.0417. The summed E-state index contributed by atoms with van der Waals surface area (Å²) in [5.74, 6) is -0.598. The Morgan fingerprint density at radius 3 is 2.20 bits per heavy atom. The first-order valence-corrected chi connectivity index (χ1v) is 9.30. The highest BCUT2D eigenvalue weighted by Crippen LogP contribution is 2.39. The lowest BCUT2D eigenvalue weighted by Crippen LogP contribution is -2.01. The zero-order valence-electron chi connectivity index (χ0n) is 16.2. The molecule has 0 saturated carbocycles. The number of anilines is 1. The van der Waals surface area contributed by atoms with Crippen LogP contribution in [0.25, 0.3) is 33.6 Å². The fourth-order valence-corrected chi connectivity index (χ4v) is 3.32. The second-order valence-electron chi connectivity index (χ2n) is 6.93. The summed E-state index contributed by atoms with van der Waals surface area (Å²) in [7, 11) is 0. The van der Waals surface area contributed by atoms with Crippen molar-refractivity contribution in [3.8, 4) is 39.4 Å². The Morgan fingerprint density at radius 1 is 0.833 bits per heavy atom. The van der Waals surface area contributed by atoms with Gasteiger partial charge in [-0.15, -0.1) is 0 Å². The summed E-state index contributed by atoms with van der Waals surface area (Å²) < 4.78 is 27.3. The molecule has 4 nitrogen and oxygen atoms in total. The van der Waals surface area contributed by atoms with Crippen LogP contribution in [0.1, 0.15) is 5.56 Å². The van der Waals surface area contributed by atoms with Crippen molar-refractivity contribution in [1.82, 2.24) is 9.97 Å². The Balaban J connectivity index is 2.07. The highest BCUT2D eigenvalue weighted by atomic mass is 19.1. The summed E-state index contributed by atoms with van der Waals surface area (Å²) in [5.41, 5.74) is 9.91. The van der Waals surface area contributed by atoms with E-state index in [0.29, 0.717) is 39.2 Å². The number of nitrogens with one attached hydrogen (secondary N) is 1. The molecular weight excluding hydrogens is 384 g/mol. The van der Waals surface area contributed by atoms with E-state index in [9.17, 15) is 13.9 Å². The average molecular weight is 403 g/mol. The first-order valence-electron chi connectivity index (χ1n) is 9.30. The molecule has 0 saturated heterocycles. The zero-order valence-corrected chi connectivity index (χ0v) is 16.2. The van der Waals surface area contributed by atoms with Crippen molar-refractivity contribution in [3.05, 3.63) is 90.0 Å².